The first-order valence-electron chi connectivity index (χ1n) is 6.36. The quantitative estimate of drug-likeness (QED) is 0.771. The number of thioether (sulfide) groups is 1. The zero-order valence-electron chi connectivity index (χ0n) is 10.9. The average Bonchev–Trinajstić information content (AvgIpc) is 2.43. The number of rotatable bonds is 6. The molecule has 1 N–H and O–H groups in total. The van der Waals surface area contributed by atoms with Crippen LogP contribution in [0, 0.1) is 0 Å². The summed E-state index contributed by atoms with van der Waals surface area (Å²) in [6, 6.07) is 14.0. The summed E-state index contributed by atoms with van der Waals surface area (Å²) in [7, 11) is 0. The number of pyridine rings is 1. The van der Waals surface area contributed by atoms with Gasteiger partial charge in [0.2, 0.25) is 0 Å². The molecule has 0 atom stereocenters. The van der Waals surface area contributed by atoms with Gasteiger partial charge in [-0.1, -0.05) is 30.7 Å². The van der Waals surface area contributed by atoms with Crippen LogP contribution < -0.4 is 5.32 Å². The predicted molar refractivity (Wildman–Crippen MR) is 84.0 cm³/mol. The Labute approximate surface area is 123 Å². The van der Waals surface area contributed by atoms with Gasteiger partial charge in [0, 0.05) is 22.2 Å². The summed E-state index contributed by atoms with van der Waals surface area (Å²) < 4.78 is 0. The highest BCUT2D eigenvalue weighted by Crippen LogP contribution is 2.24. The SMILES string of the molecule is CCCNc1cccc(CSc2cccc(Cl)c2)n1. The van der Waals surface area contributed by atoms with Gasteiger partial charge in [0.05, 0.1) is 5.69 Å². The van der Waals surface area contributed by atoms with E-state index in [-0.39, 0.29) is 0 Å². The summed E-state index contributed by atoms with van der Waals surface area (Å²) in [6.45, 7) is 3.10. The lowest BCUT2D eigenvalue weighted by Gasteiger charge is -2.06. The average molecular weight is 293 g/mol. The largest absolute Gasteiger partial charge is 0.370 e. The normalized spacial score (nSPS) is 10.4. The van der Waals surface area contributed by atoms with Crippen molar-refractivity contribution < 1.29 is 0 Å². The van der Waals surface area contributed by atoms with Crippen molar-refractivity contribution in [2.45, 2.75) is 24.0 Å². The summed E-state index contributed by atoms with van der Waals surface area (Å²) in [5.41, 5.74) is 1.08. The second-order valence-corrected chi connectivity index (χ2v) is 5.67. The molecule has 0 aliphatic heterocycles. The molecule has 0 radical (unpaired) electrons. The van der Waals surface area contributed by atoms with E-state index < -0.39 is 0 Å². The third-order valence-electron chi connectivity index (χ3n) is 2.55. The monoisotopic (exact) mass is 292 g/mol. The van der Waals surface area contributed by atoms with E-state index in [1.807, 2.05) is 30.3 Å². The maximum atomic E-state index is 5.97. The van der Waals surface area contributed by atoms with E-state index >= 15 is 0 Å². The van der Waals surface area contributed by atoms with Crippen LogP contribution in [0.4, 0.5) is 5.82 Å². The fourth-order valence-electron chi connectivity index (χ4n) is 1.63. The molecular formula is C15H17ClN2S. The molecule has 1 aromatic heterocycles. The van der Waals surface area contributed by atoms with Crippen molar-refractivity contribution in [3.63, 3.8) is 0 Å². The van der Waals surface area contributed by atoms with Crippen LogP contribution in [0.1, 0.15) is 19.0 Å². The van der Waals surface area contributed by atoms with Crippen LogP contribution in [0.5, 0.6) is 0 Å². The van der Waals surface area contributed by atoms with Crippen LogP contribution in [-0.2, 0) is 5.75 Å². The van der Waals surface area contributed by atoms with Gasteiger partial charge in [-0.15, -0.1) is 11.8 Å². The molecule has 4 heteroatoms. The van der Waals surface area contributed by atoms with Crippen LogP contribution in [0.2, 0.25) is 5.02 Å². The second-order valence-electron chi connectivity index (χ2n) is 4.19. The van der Waals surface area contributed by atoms with E-state index in [0.29, 0.717) is 0 Å². The summed E-state index contributed by atoms with van der Waals surface area (Å²) in [4.78, 5) is 5.75. The highest BCUT2D eigenvalue weighted by molar-refractivity contribution is 7.98. The van der Waals surface area contributed by atoms with Crippen LogP contribution in [0.15, 0.2) is 47.4 Å². The van der Waals surface area contributed by atoms with E-state index in [9.17, 15) is 0 Å². The lowest BCUT2D eigenvalue weighted by atomic mass is 10.3. The van der Waals surface area contributed by atoms with Gasteiger partial charge < -0.3 is 5.32 Å². The molecule has 0 bridgehead atoms. The van der Waals surface area contributed by atoms with Crippen molar-refractivity contribution in [1.82, 2.24) is 4.98 Å². The molecule has 0 spiro atoms. The van der Waals surface area contributed by atoms with Gasteiger partial charge in [-0.2, -0.15) is 0 Å². The van der Waals surface area contributed by atoms with Crippen LogP contribution in [0.3, 0.4) is 0 Å². The summed E-state index contributed by atoms with van der Waals surface area (Å²) in [5, 5.41) is 4.07. The number of halogens is 1. The lowest BCUT2D eigenvalue weighted by Crippen LogP contribution is -2.02. The van der Waals surface area contributed by atoms with E-state index in [1.165, 1.54) is 4.90 Å². The molecule has 1 heterocycles. The standard InChI is InChI=1S/C15H17ClN2S/c1-2-9-17-15-8-4-6-13(18-15)11-19-14-7-3-5-12(16)10-14/h3-8,10H,2,9,11H2,1H3,(H,17,18). The minimum atomic E-state index is 0.774. The molecule has 0 fully saturated rings. The first-order chi connectivity index (χ1) is 9.28. The van der Waals surface area contributed by atoms with Gasteiger partial charge in [-0.25, -0.2) is 4.98 Å². The number of nitrogens with one attached hydrogen (secondary N) is 1. The molecule has 0 saturated carbocycles. The van der Waals surface area contributed by atoms with Crippen molar-refractivity contribution >= 4 is 29.2 Å². The maximum absolute atomic E-state index is 5.97. The summed E-state index contributed by atoms with van der Waals surface area (Å²) >= 11 is 7.72. The van der Waals surface area contributed by atoms with Crippen molar-refractivity contribution in [3.05, 3.63) is 53.2 Å². The number of aromatic nitrogens is 1. The third-order valence-corrected chi connectivity index (χ3v) is 3.81. The summed E-state index contributed by atoms with van der Waals surface area (Å²) in [6.07, 6.45) is 1.10. The topological polar surface area (TPSA) is 24.9 Å². The molecule has 2 nitrogen and oxygen atoms in total. The fraction of sp³-hybridized carbons (Fsp3) is 0.267. The molecule has 0 saturated heterocycles. The van der Waals surface area contributed by atoms with Crippen molar-refractivity contribution in [2.24, 2.45) is 0 Å². The Balaban J connectivity index is 1.95. The van der Waals surface area contributed by atoms with E-state index in [4.69, 9.17) is 11.6 Å². The van der Waals surface area contributed by atoms with Crippen LogP contribution in [-0.4, -0.2) is 11.5 Å². The van der Waals surface area contributed by atoms with Gasteiger partial charge in [-0.3, -0.25) is 0 Å². The molecule has 2 aromatic rings. The molecule has 0 aliphatic rings. The molecular weight excluding hydrogens is 276 g/mol. The minimum Gasteiger partial charge on any atom is -0.370 e. The third kappa shape index (κ3) is 4.77. The Morgan fingerprint density at radius 3 is 2.84 bits per heavy atom. The Hall–Kier alpha value is -1.19. The van der Waals surface area contributed by atoms with Gasteiger partial charge in [0.1, 0.15) is 5.82 Å². The van der Waals surface area contributed by atoms with E-state index in [1.54, 1.807) is 11.8 Å². The first kappa shape index (κ1) is 14.2. The Morgan fingerprint density at radius 2 is 2.05 bits per heavy atom. The van der Waals surface area contributed by atoms with Crippen LogP contribution in [0.25, 0.3) is 0 Å². The zero-order valence-corrected chi connectivity index (χ0v) is 12.5. The minimum absolute atomic E-state index is 0.774. The lowest BCUT2D eigenvalue weighted by molar-refractivity contribution is 0.965. The second kappa shape index (κ2) is 7.41. The number of anilines is 1. The number of nitrogens with zero attached hydrogens (tertiary/aromatic N) is 1. The zero-order chi connectivity index (χ0) is 13.5. The highest BCUT2D eigenvalue weighted by atomic mass is 35.5. The van der Waals surface area contributed by atoms with Gasteiger partial charge in [0.15, 0.2) is 0 Å². The predicted octanol–water partition coefficient (Wildman–Crippen LogP) is 4.85. The van der Waals surface area contributed by atoms with Crippen molar-refractivity contribution in [2.75, 3.05) is 11.9 Å². The fourth-order valence-corrected chi connectivity index (χ4v) is 2.74. The van der Waals surface area contributed by atoms with E-state index in [2.05, 4.69) is 29.4 Å². The number of benzene rings is 1. The Bertz CT molecular complexity index is 531. The molecule has 2 rings (SSSR count). The summed E-state index contributed by atoms with van der Waals surface area (Å²) in [5.74, 6) is 1.80. The molecule has 19 heavy (non-hydrogen) atoms. The number of hydrogen-bond donors (Lipinski definition) is 1. The molecule has 0 unspecified atom stereocenters. The van der Waals surface area contributed by atoms with Crippen molar-refractivity contribution in [3.8, 4) is 0 Å². The first-order valence-corrected chi connectivity index (χ1v) is 7.72. The number of hydrogen-bond acceptors (Lipinski definition) is 3. The van der Waals surface area contributed by atoms with Crippen molar-refractivity contribution in [1.29, 1.82) is 0 Å². The molecule has 0 aliphatic carbocycles. The molecule has 0 amide bonds. The van der Waals surface area contributed by atoms with Gasteiger partial charge >= 0.3 is 0 Å². The van der Waals surface area contributed by atoms with E-state index in [0.717, 1.165) is 35.3 Å². The van der Waals surface area contributed by atoms with Gasteiger partial charge in [-0.05, 0) is 36.8 Å². The highest BCUT2D eigenvalue weighted by Gasteiger charge is 2.00. The molecule has 100 valence electrons. The maximum Gasteiger partial charge on any atom is 0.126 e. The molecule has 1 aromatic carbocycles. The Kier molecular flexibility index (Phi) is 5.55. The van der Waals surface area contributed by atoms with Gasteiger partial charge in [0.25, 0.3) is 0 Å². The smallest absolute Gasteiger partial charge is 0.126 e. The Morgan fingerprint density at radius 1 is 1.21 bits per heavy atom. The van der Waals surface area contributed by atoms with Crippen LogP contribution >= 0.6 is 23.4 Å².